The molecule has 1 aliphatic heterocycles. The maximum Gasteiger partial charge on any atom is 0.191 e. The predicted octanol–water partition coefficient (Wildman–Crippen LogP) is 3.15. The lowest BCUT2D eigenvalue weighted by atomic mass is 9.91. The van der Waals surface area contributed by atoms with Crippen molar-refractivity contribution in [2.75, 3.05) is 19.6 Å². The average molecular weight is 397 g/mol. The van der Waals surface area contributed by atoms with E-state index in [4.69, 9.17) is 4.99 Å². The number of benzene rings is 1. The van der Waals surface area contributed by atoms with Crippen LogP contribution >= 0.6 is 0 Å². The Labute approximate surface area is 175 Å². The Bertz CT molecular complexity index is 786. The number of nitrogens with one attached hydrogen (secondary N) is 2. The van der Waals surface area contributed by atoms with Crippen LogP contribution in [0, 0.1) is 11.8 Å². The van der Waals surface area contributed by atoms with Crippen molar-refractivity contribution in [3.05, 3.63) is 53.3 Å². The van der Waals surface area contributed by atoms with E-state index in [-0.39, 0.29) is 0 Å². The standard InChI is InChI=1S/C23H36N6/c1-5-24-23(26-14-22-10-11-27-28(22)4)25-13-20-8-6-7-9-21(20)17-29-15-18(2)12-19(3)16-29/h6-11,18-19H,5,12-17H2,1-4H3,(H2,24,25,26). The number of hydrogen-bond acceptors (Lipinski definition) is 3. The number of aliphatic imine (C=N–C) groups is 1. The molecule has 0 amide bonds. The molecule has 1 saturated heterocycles. The molecule has 3 rings (SSSR count). The number of hydrogen-bond donors (Lipinski definition) is 2. The smallest absolute Gasteiger partial charge is 0.191 e. The SMILES string of the molecule is CCNC(=NCc1ccccc1CN1CC(C)CC(C)C1)NCc1ccnn1C. The summed E-state index contributed by atoms with van der Waals surface area (Å²) < 4.78 is 1.88. The zero-order chi connectivity index (χ0) is 20.6. The first kappa shape index (κ1) is 21.4. The Morgan fingerprint density at radius 3 is 2.48 bits per heavy atom. The third kappa shape index (κ3) is 6.32. The molecule has 1 aliphatic rings. The largest absolute Gasteiger partial charge is 0.357 e. The van der Waals surface area contributed by atoms with Crippen LogP contribution in [0.4, 0.5) is 0 Å². The third-order valence-corrected chi connectivity index (χ3v) is 5.57. The van der Waals surface area contributed by atoms with Crippen LogP contribution in [0.3, 0.4) is 0 Å². The van der Waals surface area contributed by atoms with Crippen molar-refractivity contribution in [2.45, 2.75) is 46.8 Å². The fraction of sp³-hybridized carbons (Fsp3) is 0.565. The van der Waals surface area contributed by atoms with E-state index >= 15 is 0 Å². The summed E-state index contributed by atoms with van der Waals surface area (Å²) in [5.41, 5.74) is 3.82. The fourth-order valence-electron chi connectivity index (χ4n) is 4.28. The molecule has 0 aliphatic carbocycles. The van der Waals surface area contributed by atoms with Crippen LogP contribution in [-0.4, -0.2) is 40.3 Å². The minimum absolute atomic E-state index is 0.676. The molecule has 158 valence electrons. The highest BCUT2D eigenvalue weighted by atomic mass is 15.3. The molecule has 6 nitrogen and oxygen atoms in total. The highest BCUT2D eigenvalue weighted by Crippen LogP contribution is 2.23. The van der Waals surface area contributed by atoms with E-state index in [0.29, 0.717) is 13.1 Å². The average Bonchev–Trinajstić information content (AvgIpc) is 3.09. The van der Waals surface area contributed by atoms with Gasteiger partial charge in [-0.3, -0.25) is 9.58 Å². The summed E-state index contributed by atoms with van der Waals surface area (Å²) in [6.07, 6.45) is 3.16. The molecule has 2 heterocycles. The Morgan fingerprint density at radius 2 is 1.83 bits per heavy atom. The Morgan fingerprint density at radius 1 is 1.10 bits per heavy atom. The first-order chi connectivity index (χ1) is 14.0. The minimum atomic E-state index is 0.676. The van der Waals surface area contributed by atoms with Crippen LogP contribution in [0.2, 0.25) is 0 Å². The number of aromatic nitrogens is 2. The monoisotopic (exact) mass is 396 g/mol. The molecule has 2 atom stereocenters. The molecule has 0 bridgehead atoms. The van der Waals surface area contributed by atoms with Gasteiger partial charge in [0.1, 0.15) is 0 Å². The number of likely N-dealkylation sites (tertiary alicyclic amines) is 1. The van der Waals surface area contributed by atoms with Crippen LogP contribution < -0.4 is 10.6 Å². The van der Waals surface area contributed by atoms with E-state index in [2.05, 4.69) is 65.7 Å². The number of nitrogens with zero attached hydrogens (tertiary/aromatic N) is 4. The van der Waals surface area contributed by atoms with Crippen LogP contribution in [0.25, 0.3) is 0 Å². The topological polar surface area (TPSA) is 57.5 Å². The lowest BCUT2D eigenvalue weighted by Gasteiger charge is -2.35. The van der Waals surface area contributed by atoms with Crippen molar-refractivity contribution in [1.29, 1.82) is 0 Å². The van der Waals surface area contributed by atoms with Gasteiger partial charge in [0.2, 0.25) is 0 Å². The number of piperidine rings is 1. The summed E-state index contributed by atoms with van der Waals surface area (Å²) in [5.74, 6) is 2.39. The second-order valence-electron chi connectivity index (χ2n) is 8.40. The normalized spacial score (nSPS) is 20.6. The van der Waals surface area contributed by atoms with E-state index in [0.717, 1.165) is 36.6 Å². The van der Waals surface area contributed by atoms with Crippen LogP contribution in [-0.2, 0) is 26.7 Å². The molecule has 0 spiro atoms. The number of aryl methyl sites for hydroxylation is 1. The zero-order valence-electron chi connectivity index (χ0n) is 18.4. The molecule has 1 aromatic heterocycles. The molecular formula is C23H36N6. The molecule has 2 unspecified atom stereocenters. The lowest BCUT2D eigenvalue weighted by Crippen LogP contribution is -2.38. The maximum atomic E-state index is 4.84. The van der Waals surface area contributed by atoms with Crippen molar-refractivity contribution in [3.63, 3.8) is 0 Å². The van der Waals surface area contributed by atoms with Crippen molar-refractivity contribution >= 4 is 5.96 Å². The van der Waals surface area contributed by atoms with Crippen LogP contribution in [0.5, 0.6) is 0 Å². The molecule has 1 aromatic carbocycles. The van der Waals surface area contributed by atoms with Crippen LogP contribution in [0.1, 0.15) is 44.0 Å². The molecule has 2 aromatic rings. The van der Waals surface area contributed by atoms with E-state index in [9.17, 15) is 0 Å². The third-order valence-electron chi connectivity index (χ3n) is 5.57. The van der Waals surface area contributed by atoms with E-state index in [1.807, 2.05) is 24.0 Å². The lowest BCUT2D eigenvalue weighted by molar-refractivity contribution is 0.134. The van der Waals surface area contributed by atoms with Gasteiger partial charge >= 0.3 is 0 Å². The number of guanidine groups is 1. The maximum absolute atomic E-state index is 4.84. The highest BCUT2D eigenvalue weighted by Gasteiger charge is 2.22. The first-order valence-corrected chi connectivity index (χ1v) is 10.8. The molecule has 1 fully saturated rings. The van der Waals surface area contributed by atoms with Gasteiger partial charge in [-0.15, -0.1) is 0 Å². The number of rotatable bonds is 7. The molecule has 2 N–H and O–H groups in total. The van der Waals surface area contributed by atoms with Gasteiger partial charge in [0.05, 0.1) is 18.8 Å². The van der Waals surface area contributed by atoms with E-state index in [1.165, 1.54) is 30.6 Å². The van der Waals surface area contributed by atoms with Crippen molar-refractivity contribution in [2.24, 2.45) is 23.9 Å². The Hall–Kier alpha value is -2.34. The van der Waals surface area contributed by atoms with Gasteiger partial charge < -0.3 is 10.6 Å². The summed E-state index contributed by atoms with van der Waals surface area (Å²) in [4.78, 5) is 7.45. The van der Waals surface area contributed by atoms with E-state index < -0.39 is 0 Å². The summed E-state index contributed by atoms with van der Waals surface area (Å²) in [6.45, 7) is 12.4. The van der Waals surface area contributed by atoms with Gasteiger partial charge in [-0.1, -0.05) is 38.1 Å². The highest BCUT2D eigenvalue weighted by molar-refractivity contribution is 5.79. The molecule has 6 heteroatoms. The fourth-order valence-corrected chi connectivity index (χ4v) is 4.28. The van der Waals surface area contributed by atoms with Gasteiger partial charge in [0.25, 0.3) is 0 Å². The second kappa shape index (κ2) is 10.4. The van der Waals surface area contributed by atoms with E-state index in [1.54, 1.807) is 0 Å². The Kier molecular flexibility index (Phi) is 7.69. The van der Waals surface area contributed by atoms with Crippen molar-refractivity contribution in [1.82, 2.24) is 25.3 Å². The van der Waals surface area contributed by atoms with Crippen molar-refractivity contribution in [3.8, 4) is 0 Å². The summed E-state index contributed by atoms with van der Waals surface area (Å²) in [7, 11) is 1.96. The molecular weight excluding hydrogens is 360 g/mol. The van der Waals surface area contributed by atoms with Gasteiger partial charge in [-0.2, -0.15) is 5.10 Å². The zero-order valence-corrected chi connectivity index (χ0v) is 18.4. The summed E-state index contributed by atoms with van der Waals surface area (Å²) in [5, 5.41) is 11.0. The summed E-state index contributed by atoms with van der Waals surface area (Å²) in [6, 6.07) is 10.7. The van der Waals surface area contributed by atoms with Gasteiger partial charge in [-0.25, -0.2) is 4.99 Å². The van der Waals surface area contributed by atoms with Crippen molar-refractivity contribution < 1.29 is 0 Å². The van der Waals surface area contributed by atoms with Crippen LogP contribution in [0.15, 0.2) is 41.5 Å². The molecule has 29 heavy (non-hydrogen) atoms. The summed E-state index contributed by atoms with van der Waals surface area (Å²) >= 11 is 0. The molecule has 0 radical (unpaired) electrons. The minimum Gasteiger partial charge on any atom is -0.357 e. The molecule has 0 saturated carbocycles. The van der Waals surface area contributed by atoms with Gasteiger partial charge in [0.15, 0.2) is 5.96 Å². The second-order valence-corrected chi connectivity index (χ2v) is 8.40. The van der Waals surface area contributed by atoms with Gasteiger partial charge in [-0.05, 0) is 42.4 Å². The van der Waals surface area contributed by atoms with Gasteiger partial charge in [0, 0.05) is 39.4 Å². The first-order valence-electron chi connectivity index (χ1n) is 10.8. The Balaban J connectivity index is 1.65. The quantitative estimate of drug-likeness (QED) is 0.558. The predicted molar refractivity (Wildman–Crippen MR) is 120 cm³/mol.